The number of rotatable bonds is 4. The van der Waals surface area contributed by atoms with Crippen LogP contribution in [0.3, 0.4) is 0 Å². The Morgan fingerprint density at radius 3 is 1.40 bits per heavy atom. The molecule has 5 heteroatoms. The zero-order valence-electron chi connectivity index (χ0n) is 16.4. The smallest absolute Gasteiger partial charge is 0.374 e. The highest BCUT2D eigenvalue weighted by Crippen LogP contribution is 2.41. The first kappa shape index (κ1) is 18.4. The van der Waals surface area contributed by atoms with Gasteiger partial charge in [0.25, 0.3) is 0 Å². The average Bonchev–Trinajstić information content (AvgIpc) is 2.69. The van der Waals surface area contributed by atoms with E-state index in [1.165, 1.54) is 90.4 Å². The Morgan fingerprint density at radius 1 is 0.600 bits per heavy atom. The first-order chi connectivity index (χ1) is 12.3. The summed E-state index contributed by atoms with van der Waals surface area (Å²) in [6, 6.07) is 0. The van der Waals surface area contributed by atoms with Crippen LogP contribution in [0.1, 0.15) is 64.2 Å². The van der Waals surface area contributed by atoms with Crippen LogP contribution in [0.5, 0.6) is 0 Å². The van der Waals surface area contributed by atoms with Crippen LogP contribution in [0.2, 0.25) is 0 Å². The Balaban J connectivity index is 1.49. The van der Waals surface area contributed by atoms with E-state index in [9.17, 15) is 0 Å². The number of hydrogen-bond acceptors (Lipinski definition) is 4. The minimum absolute atomic E-state index is 0.881. The maximum absolute atomic E-state index is 6.29. The molecule has 4 nitrogen and oxygen atoms in total. The molecule has 4 fully saturated rings. The minimum Gasteiger partial charge on any atom is -0.374 e. The third kappa shape index (κ3) is 3.47. The second kappa shape index (κ2) is 7.97. The van der Waals surface area contributed by atoms with Gasteiger partial charge in [0.05, 0.1) is 0 Å². The van der Waals surface area contributed by atoms with Crippen molar-refractivity contribution in [3.05, 3.63) is 0 Å². The van der Waals surface area contributed by atoms with Gasteiger partial charge in [-0.2, -0.15) is 0 Å². The first-order valence-corrected chi connectivity index (χ1v) is 12.6. The van der Waals surface area contributed by atoms with Gasteiger partial charge in [-0.3, -0.25) is 9.13 Å². The van der Waals surface area contributed by atoms with Crippen LogP contribution in [0.4, 0.5) is 0 Å². The van der Waals surface area contributed by atoms with Gasteiger partial charge in [-0.1, -0.05) is 38.5 Å². The van der Waals surface area contributed by atoms with E-state index in [1.807, 2.05) is 14.2 Å². The molecule has 0 spiro atoms. The molecule has 25 heavy (non-hydrogen) atoms. The predicted molar refractivity (Wildman–Crippen MR) is 103 cm³/mol. The summed E-state index contributed by atoms with van der Waals surface area (Å²) in [6.45, 7) is 4.78. The summed E-state index contributed by atoms with van der Waals surface area (Å²) in [4.78, 5) is 0. The highest BCUT2D eigenvalue weighted by atomic mass is 28.4. The predicted octanol–water partition coefficient (Wildman–Crippen LogP) is 3.74. The zero-order chi connectivity index (χ0) is 17.3. The van der Waals surface area contributed by atoms with Crippen LogP contribution in [0, 0.1) is 23.7 Å². The van der Waals surface area contributed by atoms with Crippen LogP contribution in [0.25, 0.3) is 0 Å². The maximum Gasteiger partial charge on any atom is 0.522 e. The van der Waals surface area contributed by atoms with Gasteiger partial charge in [-0.05, 0) is 75.5 Å². The molecule has 0 amide bonds. The number of fused-ring (bicyclic) bond motifs is 2. The molecule has 2 saturated heterocycles. The molecule has 4 atom stereocenters. The fraction of sp³-hybridized carbons (Fsp3) is 1.00. The number of hydrogen-bond donors (Lipinski definition) is 0. The quantitative estimate of drug-likeness (QED) is 0.708. The molecule has 4 rings (SSSR count). The molecule has 2 heterocycles. The summed E-state index contributed by atoms with van der Waals surface area (Å²) < 4.78 is 17.9. The van der Waals surface area contributed by atoms with E-state index in [0.29, 0.717) is 0 Å². The monoisotopic (exact) mass is 366 g/mol. The lowest BCUT2D eigenvalue weighted by molar-refractivity contribution is 0.0204. The lowest BCUT2D eigenvalue weighted by Crippen LogP contribution is -2.72. The molecule has 0 N–H and O–H groups in total. The molecule has 0 aromatic carbocycles. The Kier molecular flexibility index (Phi) is 5.87. The van der Waals surface area contributed by atoms with Crippen molar-refractivity contribution < 1.29 is 8.85 Å². The van der Waals surface area contributed by atoms with E-state index in [0.717, 1.165) is 23.7 Å². The summed E-state index contributed by atoms with van der Waals surface area (Å²) in [5, 5.41) is 0. The van der Waals surface area contributed by atoms with E-state index in [4.69, 9.17) is 8.85 Å². The van der Waals surface area contributed by atoms with E-state index in [2.05, 4.69) is 9.13 Å². The maximum atomic E-state index is 6.29. The van der Waals surface area contributed by atoms with Crippen molar-refractivity contribution in [3.63, 3.8) is 0 Å². The van der Waals surface area contributed by atoms with Crippen LogP contribution in [0.15, 0.2) is 0 Å². The summed E-state index contributed by atoms with van der Waals surface area (Å²) >= 11 is 0. The molecule has 0 bridgehead atoms. The average molecular weight is 367 g/mol. The van der Waals surface area contributed by atoms with Crippen molar-refractivity contribution in [1.82, 2.24) is 9.13 Å². The second-order valence-corrected chi connectivity index (χ2v) is 12.2. The number of nitrogens with zero attached hydrogens (tertiary/aromatic N) is 2. The minimum atomic E-state index is -2.43. The Hall–Kier alpha value is 0.0569. The van der Waals surface area contributed by atoms with Crippen molar-refractivity contribution in [2.75, 3.05) is 40.4 Å². The fourth-order valence-electron chi connectivity index (χ4n) is 6.51. The lowest BCUT2D eigenvalue weighted by Gasteiger charge is -2.52. The van der Waals surface area contributed by atoms with Gasteiger partial charge in [0.15, 0.2) is 0 Å². The van der Waals surface area contributed by atoms with Crippen molar-refractivity contribution in [2.45, 2.75) is 64.2 Å². The van der Waals surface area contributed by atoms with Gasteiger partial charge in [0.2, 0.25) is 0 Å². The normalized spacial score (nSPS) is 38.2. The van der Waals surface area contributed by atoms with E-state index < -0.39 is 8.88 Å². The Labute approximate surface area is 155 Å². The first-order valence-electron chi connectivity index (χ1n) is 10.9. The third-order valence-corrected chi connectivity index (χ3v) is 11.4. The van der Waals surface area contributed by atoms with Crippen LogP contribution < -0.4 is 0 Å². The molecular formula is C20H38N2O2Si. The number of piperidine rings is 2. The molecule has 0 radical (unpaired) electrons. The molecular weight excluding hydrogens is 328 g/mol. The highest BCUT2D eigenvalue weighted by molar-refractivity contribution is 6.61. The van der Waals surface area contributed by atoms with Gasteiger partial charge in [-0.15, -0.1) is 0 Å². The SMILES string of the molecule is CO[Si](OC)(N1CC[C@@H]2CCCC[C@H]2C1)N1CC[C@@H]2CCCC[C@H]2C1. The van der Waals surface area contributed by atoms with E-state index >= 15 is 0 Å². The molecule has 2 saturated carbocycles. The molecule has 0 unspecified atom stereocenters. The standard InChI is InChI=1S/C20H38N2O2Si/c1-23-25(24-2,21-13-11-17-7-3-5-9-19(17)15-21)22-14-12-18-8-4-6-10-20(18)16-22/h17-20H,3-16H2,1-2H3/t17-,18-,19-,20-/m0/s1. The molecule has 144 valence electrons. The van der Waals surface area contributed by atoms with Crippen molar-refractivity contribution in [2.24, 2.45) is 23.7 Å². The van der Waals surface area contributed by atoms with Crippen molar-refractivity contribution in [1.29, 1.82) is 0 Å². The summed E-state index contributed by atoms with van der Waals surface area (Å²) in [7, 11) is 1.40. The van der Waals surface area contributed by atoms with Gasteiger partial charge < -0.3 is 8.85 Å². The van der Waals surface area contributed by atoms with Crippen LogP contribution >= 0.6 is 0 Å². The van der Waals surface area contributed by atoms with Gasteiger partial charge in [0, 0.05) is 14.2 Å². The molecule has 2 aliphatic carbocycles. The molecule has 0 aromatic rings. The van der Waals surface area contributed by atoms with Gasteiger partial charge in [0.1, 0.15) is 0 Å². The topological polar surface area (TPSA) is 24.9 Å². The second-order valence-electron chi connectivity index (χ2n) is 9.04. The van der Waals surface area contributed by atoms with Gasteiger partial charge >= 0.3 is 8.88 Å². The van der Waals surface area contributed by atoms with Crippen LogP contribution in [-0.4, -0.2) is 58.4 Å². The Bertz CT molecular complexity index is 409. The zero-order valence-corrected chi connectivity index (χ0v) is 17.4. The fourth-order valence-corrected chi connectivity index (χ4v) is 9.87. The Morgan fingerprint density at radius 2 is 1.00 bits per heavy atom. The van der Waals surface area contributed by atoms with E-state index in [1.54, 1.807) is 0 Å². The van der Waals surface area contributed by atoms with E-state index in [-0.39, 0.29) is 0 Å². The molecule has 0 aromatic heterocycles. The molecule has 2 aliphatic heterocycles. The largest absolute Gasteiger partial charge is 0.522 e. The third-order valence-electron chi connectivity index (χ3n) is 7.91. The van der Waals surface area contributed by atoms with Crippen molar-refractivity contribution in [3.8, 4) is 0 Å². The lowest BCUT2D eigenvalue weighted by atomic mass is 9.76. The summed E-state index contributed by atoms with van der Waals surface area (Å²) in [6.07, 6.45) is 14.2. The van der Waals surface area contributed by atoms with Crippen LogP contribution in [-0.2, 0) is 8.85 Å². The summed E-state index contributed by atoms with van der Waals surface area (Å²) in [5.74, 6) is 3.70. The molecule has 4 aliphatic rings. The van der Waals surface area contributed by atoms with Crippen molar-refractivity contribution >= 4 is 8.88 Å². The summed E-state index contributed by atoms with van der Waals surface area (Å²) in [5.41, 5.74) is 0. The highest BCUT2D eigenvalue weighted by Gasteiger charge is 2.54. The van der Waals surface area contributed by atoms with Gasteiger partial charge in [-0.25, -0.2) is 0 Å².